The van der Waals surface area contributed by atoms with Crippen molar-refractivity contribution in [3.8, 4) is 0 Å². The van der Waals surface area contributed by atoms with Crippen LogP contribution in [0.5, 0.6) is 0 Å². The van der Waals surface area contributed by atoms with Crippen LogP contribution in [-0.2, 0) is 4.79 Å². The Bertz CT molecular complexity index is 104. The Morgan fingerprint density at radius 1 is 1.56 bits per heavy atom. The van der Waals surface area contributed by atoms with Crippen LogP contribution in [0.4, 0.5) is 0 Å². The number of hydrogen-bond donors (Lipinski definition) is 3. The predicted octanol–water partition coefficient (Wildman–Crippen LogP) is -0.480. The lowest BCUT2D eigenvalue weighted by molar-refractivity contribution is -0.115. The van der Waals surface area contributed by atoms with Gasteiger partial charge in [-0.2, -0.15) is 0 Å². The zero-order valence-electron chi connectivity index (χ0n) is 4.59. The molecule has 0 aromatic heterocycles. The first-order valence-corrected chi connectivity index (χ1v) is 2.86. The Hall–Kier alpha value is -0.420. The first-order valence-electron chi connectivity index (χ1n) is 1.88. The minimum Gasteiger partial charge on any atom is -0.379 e. The second kappa shape index (κ2) is 5.71. The van der Waals surface area contributed by atoms with Gasteiger partial charge in [0.15, 0.2) is 5.17 Å². The second-order valence-corrected chi connectivity index (χ2v) is 2.14. The number of carbonyl (C=O) groups is 1. The fraction of sp³-hybridized carbons (Fsp3) is 0.333. The molecule has 0 atom stereocenters. The van der Waals surface area contributed by atoms with Gasteiger partial charge in [-0.3, -0.25) is 10.2 Å². The molecule has 1 amide bonds. The van der Waals surface area contributed by atoms with Crippen LogP contribution in [0.1, 0.15) is 0 Å². The zero-order chi connectivity index (χ0) is 6.57. The van der Waals surface area contributed by atoms with E-state index in [0.717, 1.165) is 11.8 Å². The third-order valence-corrected chi connectivity index (χ3v) is 1.11. The lowest BCUT2D eigenvalue weighted by Crippen LogP contribution is -2.16. The Balaban J connectivity index is 0. The zero-order valence-corrected chi connectivity index (χ0v) is 6.22. The molecular weight excluding hydrogens is 162 g/mol. The lowest BCUT2D eigenvalue weighted by atomic mass is 10.8. The van der Waals surface area contributed by atoms with Gasteiger partial charge in [0, 0.05) is 0 Å². The number of primary amides is 1. The molecule has 0 aromatic carbocycles. The molecular formula is C3H8ClN3OS. The molecule has 0 heterocycles. The number of hydrogen-bond acceptors (Lipinski definition) is 3. The summed E-state index contributed by atoms with van der Waals surface area (Å²) < 4.78 is 0. The molecule has 0 aliphatic heterocycles. The first-order chi connectivity index (χ1) is 3.63. The molecule has 0 saturated heterocycles. The largest absolute Gasteiger partial charge is 0.379 e. The molecule has 0 spiro atoms. The van der Waals surface area contributed by atoms with Crippen LogP contribution in [0.15, 0.2) is 0 Å². The van der Waals surface area contributed by atoms with Crippen molar-refractivity contribution in [3.63, 3.8) is 0 Å². The summed E-state index contributed by atoms with van der Waals surface area (Å²) in [6.45, 7) is 0. The van der Waals surface area contributed by atoms with E-state index >= 15 is 0 Å². The van der Waals surface area contributed by atoms with Gasteiger partial charge in [0.25, 0.3) is 0 Å². The number of carbonyl (C=O) groups excluding carboxylic acids is 1. The Kier molecular flexibility index (Phi) is 7.23. The molecule has 0 rings (SSSR count). The second-order valence-electron chi connectivity index (χ2n) is 1.12. The quantitative estimate of drug-likeness (QED) is 0.385. The number of halogens is 1. The van der Waals surface area contributed by atoms with Gasteiger partial charge in [-0.15, -0.1) is 12.4 Å². The van der Waals surface area contributed by atoms with E-state index < -0.39 is 5.91 Å². The van der Waals surface area contributed by atoms with Crippen LogP contribution in [0.25, 0.3) is 0 Å². The van der Waals surface area contributed by atoms with Gasteiger partial charge in [0.2, 0.25) is 5.91 Å². The molecule has 0 fully saturated rings. The van der Waals surface area contributed by atoms with Crippen LogP contribution in [0.2, 0.25) is 0 Å². The predicted molar refractivity (Wildman–Crippen MR) is 40.8 cm³/mol. The van der Waals surface area contributed by atoms with Gasteiger partial charge in [-0.05, 0) is 0 Å². The number of nitrogens with one attached hydrogen (secondary N) is 1. The molecule has 5 N–H and O–H groups in total. The maximum atomic E-state index is 9.95. The lowest BCUT2D eigenvalue weighted by Gasteiger charge is -1.90. The highest BCUT2D eigenvalue weighted by Crippen LogP contribution is 1.93. The number of rotatable bonds is 2. The van der Waals surface area contributed by atoms with E-state index in [1.807, 2.05) is 0 Å². The minimum atomic E-state index is -0.454. The standard InChI is InChI=1S/C3H7N3OS.ClH/c4-2(7)1-8-3(5)6;/h1H2,(H2,4,7)(H3,5,6);1H. The van der Waals surface area contributed by atoms with E-state index in [1.165, 1.54) is 0 Å². The average molecular weight is 170 g/mol. The van der Waals surface area contributed by atoms with Crippen LogP contribution in [-0.4, -0.2) is 16.8 Å². The molecule has 6 heteroatoms. The molecule has 9 heavy (non-hydrogen) atoms. The third-order valence-electron chi connectivity index (χ3n) is 0.370. The van der Waals surface area contributed by atoms with E-state index in [-0.39, 0.29) is 23.3 Å². The SMILES string of the molecule is Cl.N=C(N)SCC(N)=O. The maximum Gasteiger partial charge on any atom is 0.227 e. The van der Waals surface area contributed by atoms with Crippen molar-refractivity contribution >= 4 is 35.2 Å². The van der Waals surface area contributed by atoms with E-state index in [1.54, 1.807) is 0 Å². The van der Waals surface area contributed by atoms with Crippen LogP contribution in [0, 0.1) is 5.41 Å². The van der Waals surface area contributed by atoms with E-state index in [9.17, 15) is 4.79 Å². The van der Waals surface area contributed by atoms with E-state index in [4.69, 9.17) is 16.9 Å². The molecule has 4 nitrogen and oxygen atoms in total. The summed E-state index contributed by atoms with van der Waals surface area (Å²) in [5.74, 6) is -0.361. The van der Waals surface area contributed by atoms with Gasteiger partial charge < -0.3 is 11.5 Å². The molecule has 0 aliphatic carbocycles. The number of nitrogens with two attached hydrogens (primary N) is 2. The van der Waals surface area contributed by atoms with Crippen molar-refractivity contribution in [1.82, 2.24) is 0 Å². The maximum absolute atomic E-state index is 9.95. The Morgan fingerprint density at radius 2 is 2.00 bits per heavy atom. The summed E-state index contributed by atoms with van der Waals surface area (Å²) in [5, 5.41) is 6.54. The highest BCUT2D eigenvalue weighted by Gasteiger charge is 1.94. The Morgan fingerprint density at radius 3 is 2.11 bits per heavy atom. The minimum absolute atomic E-state index is 0. The third kappa shape index (κ3) is 11.3. The van der Waals surface area contributed by atoms with Gasteiger partial charge in [0.1, 0.15) is 0 Å². The molecule has 54 valence electrons. The highest BCUT2D eigenvalue weighted by atomic mass is 35.5. The van der Waals surface area contributed by atoms with Crippen molar-refractivity contribution in [2.45, 2.75) is 0 Å². The van der Waals surface area contributed by atoms with Gasteiger partial charge in [-0.1, -0.05) is 11.8 Å². The molecule has 0 aromatic rings. The fourth-order valence-corrected chi connectivity index (χ4v) is 0.447. The van der Waals surface area contributed by atoms with E-state index in [0.29, 0.717) is 0 Å². The monoisotopic (exact) mass is 169 g/mol. The van der Waals surface area contributed by atoms with Gasteiger partial charge >= 0.3 is 0 Å². The first kappa shape index (κ1) is 11.4. The average Bonchev–Trinajstić information content (AvgIpc) is 1.61. The molecule has 0 aliphatic rings. The normalized spacial score (nSPS) is 7.56. The summed E-state index contributed by atoms with van der Waals surface area (Å²) in [7, 11) is 0. The molecule has 0 radical (unpaired) electrons. The molecule has 0 unspecified atom stereocenters. The Labute approximate surface area is 63.3 Å². The summed E-state index contributed by atoms with van der Waals surface area (Å²) in [6, 6.07) is 0. The van der Waals surface area contributed by atoms with Gasteiger partial charge in [-0.25, -0.2) is 0 Å². The highest BCUT2D eigenvalue weighted by molar-refractivity contribution is 8.14. The summed E-state index contributed by atoms with van der Waals surface area (Å²) >= 11 is 0.926. The van der Waals surface area contributed by atoms with E-state index in [2.05, 4.69) is 0 Å². The van der Waals surface area contributed by atoms with Crippen LogP contribution >= 0.6 is 24.2 Å². The number of thioether (sulfide) groups is 1. The van der Waals surface area contributed by atoms with Gasteiger partial charge in [0.05, 0.1) is 5.75 Å². The molecule has 0 saturated carbocycles. The van der Waals surface area contributed by atoms with Crippen molar-refractivity contribution in [3.05, 3.63) is 0 Å². The van der Waals surface area contributed by atoms with Crippen LogP contribution in [0.3, 0.4) is 0 Å². The van der Waals surface area contributed by atoms with Crippen molar-refractivity contribution in [1.29, 1.82) is 5.41 Å². The summed E-state index contributed by atoms with van der Waals surface area (Å²) in [6.07, 6.45) is 0. The fourth-order valence-electron chi connectivity index (χ4n) is 0.149. The molecule has 0 bridgehead atoms. The number of amides is 1. The topological polar surface area (TPSA) is 93.0 Å². The number of amidine groups is 1. The summed E-state index contributed by atoms with van der Waals surface area (Å²) in [4.78, 5) is 9.95. The summed E-state index contributed by atoms with van der Waals surface area (Å²) in [5.41, 5.74) is 9.61. The van der Waals surface area contributed by atoms with Crippen molar-refractivity contribution in [2.24, 2.45) is 11.5 Å². The van der Waals surface area contributed by atoms with Crippen molar-refractivity contribution < 1.29 is 4.79 Å². The van der Waals surface area contributed by atoms with Crippen molar-refractivity contribution in [2.75, 3.05) is 5.75 Å². The van der Waals surface area contributed by atoms with Crippen LogP contribution < -0.4 is 11.5 Å². The smallest absolute Gasteiger partial charge is 0.227 e.